The van der Waals surface area contributed by atoms with Crippen molar-refractivity contribution in [3.63, 3.8) is 0 Å². The van der Waals surface area contributed by atoms with E-state index in [1.807, 2.05) is 0 Å². The topological polar surface area (TPSA) is 33.3 Å². The van der Waals surface area contributed by atoms with Crippen LogP contribution in [0.15, 0.2) is 0 Å². The SMILES string of the molecule is C(CNCCC1CCC1)COC1CCNCC1. The molecular formula is C14H28N2O. The van der Waals surface area contributed by atoms with E-state index in [0.717, 1.165) is 38.6 Å². The molecule has 1 saturated heterocycles. The van der Waals surface area contributed by atoms with Crippen molar-refractivity contribution in [3.8, 4) is 0 Å². The summed E-state index contributed by atoms with van der Waals surface area (Å²) in [5.41, 5.74) is 0. The zero-order valence-corrected chi connectivity index (χ0v) is 11.0. The standard InChI is InChI=1S/C14H28N2O/c1-3-13(4-1)5-9-15-8-2-12-17-14-6-10-16-11-7-14/h13-16H,1-12H2. The molecule has 0 aromatic heterocycles. The molecule has 1 saturated carbocycles. The molecule has 0 radical (unpaired) electrons. The lowest BCUT2D eigenvalue weighted by Crippen LogP contribution is -2.33. The monoisotopic (exact) mass is 240 g/mol. The first-order valence-electron chi connectivity index (χ1n) is 7.48. The molecule has 0 spiro atoms. The molecule has 0 aromatic rings. The van der Waals surface area contributed by atoms with Crippen molar-refractivity contribution in [2.45, 2.75) is 51.0 Å². The lowest BCUT2D eigenvalue weighted by molar-refractivity contribution is 0.0317. The maximum atomic E-state index is 5.86. The van der Waals surface area contributed by atoms with Gasteiger partial charge in [-0.2, -0.15) is 0 Å². The molecule has 0 unspecified atom stereocenters. The predicted octanol–water partition coefficient (Wildman–Crippen LogP) is 1.92. The molecule has 3 heteroatoms. The van der Waals surface area contributed by atoms with Crippen molar-refractivity contribution < 1.29 is 4.74 Å². The Labute approximate surface area is 106 Å². The van der Waals surface area contributed by atoms with Crippen molar-refractivity contribution >= 4 is 0 Å². The van der Waals surface area contributed by atoms with Gasteiger partial charge in [0, 0.05) is 6.61 Å². The molecule has 2 N–H and O–H groups in total. The summed E-state index contributed by atoms with van der Waals surface area (Å²) in [7, 11) is 0. The highest BCUT2D eigenvalue weighted by molar-refractivity contribution is 4.70. The third kappa shape index (κ3) is 5.36. The highest BCUT2D eigenvalue weighted by Crippen LogP contribution is 2.28. The van der Waals surface area contributed by atoms with Gasteiger partial charge in [0.15, 0.2) is 0 Å². The van der Waals surface area contributed by atoms with Crippen molar-refractivity contribution in [3.05, 3.63) is 0 Å². The van der Waals surface area contributed by atoms with Gasteiger partial charge in [-0.05, 0) is 57.8 Å². The highest BCUT2D eigenvalue weighted by Gasteiger charge is 2.16. The molecular weight excluding hydrogens is 212 g/mol. The van der Waals surface area contributed by atoms with Gasteiger partial charge in [-0.3, -0.25) is 0 Å². The van der Waals surface area contributed by atoms with Gasteiger partial charge >= 0.3 is 0 Å². The van der Waals surface area contributed by atoms with E-state index in [9.17, 15) is 0 Å². The van der Waals surface area contributed by atoms with Gasteiger partial charge in [-0.15, -0.1) is 0 Å². The molecule has 1 aliphatic carbocycles. The van der Waals surface area contributed by atoms with Crippen molar-refractivity contribution in [1.82, 2.24) is 10.6 Å². The van der Waals surface area contributed by atoms with Crippen LogP contribution in [-0.4, -0.2) is 38.9 Å². The Morgan fingerprint density at radius 2 is 1.88 bits per heavy atom. The van der Waals surface area contributed by atoms with Crippen molar-refractivity contribution in [2.75, 3.05) is 32.8 Å². The van der Waals surface area contributed by atoms with Crippen LogP contribution in [0.5, 0.6) is 0 Å². The van der Waals surface area contributed by atoms with Crippen LogP contribution in [0.4, 0.5) is 0 Å². The van der Waals surface area contributed by atoms with E-state index in [4.69, 9.17) is 4.74 Å². The number of ether oxygens (including phenoxy) is 1. The smallest absolute Gasteiger partial charge is 0.0599 e. The summed E-state index contributed by atoms with van der Waals surface area (Å²) >= 11 is 0. The third-order valence-corrected chi connectivity index (χ3v) is 4.09. The van der Waals surface area contributed by atoms with Gasteiger partial charge in [0.25, 0.3) is 0 Å². The van der Waals surface area contributed by atoms with Crippen LogP contribution in [0.1, 0.15) is 44.9 Å². The average Bonchev–Trinajstić information content (AvgIpc) is 2.31. The molecule has 2 rings (SSSR count). The number of piperidine rings is 1. The molecule has 2 aliphatic rings. The molecule has 0 amide bonds. The Hall–Kier alpha value is -0.120. The second-order valence-corrected chi connectivity index (χ2v) is 5.51. The van der Waals surface area contributed by atoms with Crippen LogP contribution in [0.2, 0.25) is 0 Å². The summed E-state index contributed by atoms with van der Waals surface area (Å²) in [5, 5.41) is 6.89. The quantitative estimate of drug-likeness (QED) is 0.636. The van der Waals surface area contributed by atoms with E-state index in [2.05, 4.69) is 10.6 Å². The second-order valence-electron chi connectivity index (χ2n) is 5.51. The number of nitrogens with one attached hydrogen (secondary N) is 2. The first kappa shape index (κ1) is 13.3. The first-order chi connectivity index (χ1) is 8.45. The van der Waals surface area contributed by atoms with E-state index in [1.165, 1.54) is 45.1 Å². The van der Waals surface area contributed by atoms with E-state index in [1.54, 1.807) is 0 Å². The minimum Gasteiger partial charge on any atom is -0.378 e. The number of rotatable bonds is 8. The van der Waals surface area contributed by atoms with Crippen LogP contribution in [-0.2, 0) is 4.74 Å². The fourth-order valence-corrected chi connectivity index (χ4v) is 2.62. The van der Waals surface area contributed by atoms with Gasteiger partial charge < -0.3 is 15.4 Å². The Morgan fingerprint density at radius 3 is 2.59 bits per heavy atom. The van der Waals surface area contributed by atoms with Crippen LogP contribution in [0.25, 0.3) is 0 Å². The van der Waals surface area contributed by atoms with Gasteiger partial charge in [-0.1, -0.05) is 19.3 Å². The van der Waals surface area contributed by atoms with Crippen LogP contribution < -0.4 is 10.6 Å². The minimum absolute atomic E-state index is 0.520. The maximum absolute atomic E-state index is 5.86. The average molecular weight is 240 g/mol. The summed E-state index contributed by atoms with van der Waals surface area (Å²) in [6.45, 7) is 5.52. The van der Waals surface area contributed by atoms with E-state index in [-0.39, 0.29) is 0 Å². The normalized spacial score (nSPS) is 22.6. The molecule has 0 aromatic carbocycles. The Kier molecular flexibility index (Phi) is 6.32. The van der Waals surface area contributed by atoms with E-state index >= 15 is 0 Å². The zero-order chi connectivity index (χ0) is 11.8. The zero-order valence-electron chi connectivity index (χ0n) is 11.0. The Bertz CT molecular complexity index is 189. The third-order valence-electron chi connectivity index (χ3n) is 4.09. The summed E-state index contributed by atoms with van der Waals surface area (Å²) in [6, 6.07) is 0. The predicted molar refractivity (Wildman–Crippen MR) is 71.3 cm³/mol. The Balaban J connectivity index is 1.33. The first-order valence-corrected chi connectivity index (χ1v) is 7.48. The minimum atomic E-state index is 0.520. The fraction of sp³-hybridized carbons (Fsp3) is 1.00. The largest absolute Gasteiger partial charge is 0.378 e. The number of hydrogen-bond donors (Lipinski definition) is 2. The molecule has 0 atom stereocenters. The summed E-state index contributed by atoms with van der Waals surface area (Å²) < 4.78 is 5.86. The Morgan fingerprint density at radius 1 is 1.06 bits per heavy atom. The number of hydrogen-bond acceptors (Lipinski definition) is 3. The van der Waals surface area contributed by atoms with Crippen molar-refractivity contribution in [2.24, 2.45) is 5.92 Å². The van der Waals surface area contributed by atoms with Crippen LogP contribution in [0.3, 0.4) is 0 Å². The summed E-state index contributed by atoms with van der Waals surface area (Å²) in [6.07, 6.45) is 9.86. The lowest BCUT2D eigenvalue weighted by atomic mass is 9.83. The van der Waals surface area contributed by atoms with Gasteiger partial charge in [0.2, 0.25) is 0 Å². The van der Waals surface area contributed by atoms with Gasteiger partial charge in [0.1, 0.15) is 0 Å². The summed E-state index contributed by atoms with van der Waals surface area (Å²) in [5.74, 6) is 1.04. The van der Waals surface area contributed by atoms with Gasteiger partial charge in [0.05, 0.1) is 6.10 Å². The van der Waals surface area contributed by atoms with Crippen LogP contribution in [0, 0.1) is 5.92 Å². The maximum Gasteiger partial charge on any atom is 0.0599 e. The molecule has 100 valence electrons. The van der Waals surface area contributed by atoms with E-state index in [0.29, 0.717) is 6.10 Å². The summed E-state index contributed by atoms with van der Waals surface area (Å²) in [4.78, 5) is 0. The highest BCUT2D eigenvalue weighted by atomic mass is 16.5. The lowest BCUT2D eigenvalue weighted by Gasteiger charge is -2.25. The molecule has 0 bridgehead atoms. The molecule has 2 fully saturated rings. The van der Waals surface area contributed by atoms with E-state index < -0.39 is 0 Å². The molecule has 17 heavy (non-hydrogen) atoms. The molecule has 3 nitrogen and oxygen atoms in total. The van der Waals surface area contributed by atoms with Crippen molar-refractivity contribution in [1.29, 1.82) is 0 Å². The molecule has 1 heterocycles. The van der Waals surface area contributed by atoms with Gasteiger partial charge in [-0.25, -0.2) is 0 Å². The second kappa shape index (κ2) is 8.06. The fourth-order valence-electron chi connectivity index (χ4n) is 2.62. The molecule has 1 aliphatic heterocycles. The van der Waals surface area contributed by atoms with Crippen LogP contribution >= 0.6 is 0 Å².